The van der Waals surface area contributed by atoms with Crippen LogP contribution in [0.2, 0.25) is 0 Å². The SMILES string of the molecule is CC(C)(C)OC(=O)c1ccc(CN)c(N(CC(=O)O)CC(=O)O)c1. The number of nitrogens with two attached hydrogens (primary N) is 1. The largest absolute Gasteiger partial charge is 0.480 e. The zero-order valence-electron chi connectivity index (χ0n) is 13.9. The molecule has 1 aromatic rings. The number of ether oxygens (including phenoxy) is 1. The number of carboxylic acids is 2. The first-order valence-electron chi connectivity index (χ1n) is 7.28. The lowest BCUT2D eigenvalue weighted by molar-refractivity contribution is -0.136. The van der Waals surface area contributed by atoms with Gasteiger partial charge in [-0.25, -0.2) is 4.79 Å². The van der Waals surface area contributed by atoms with Gasteiger partial charge in [0.2, 0.25) is 0 Å². The second-order valence-corrected chi connectivity index (χ2v) is 6.19. The normalized spacial score (nSPS) is 11.0. The molecule has 0 aromatic heterocycles. The molecule has 0 amide bonds. The van der Waals surface area contributed by atoms with Gasteiger partial charge in [0.15, 0.2) is 0 Å². The number of hydrogen-bond acceptors (Lipinski definition) is 6. The standard InChI is InChI=1S/C16H22N2O6/c1-16(2,3)24-15(23)10-4-5-11(7-17)12(6-10)18(8-13(19)20)9-14(21)22/h4-6H,7-9,17H2,1-3H3,(H,19,20)(H,21,22). The van der Waals surface area contributed by atoms with Crippen molar-refractivity contribution in [3.05, 3.63) is 29.3 Å². The molecular weight excluding hydrogens is 316 g/mol. The fraction of sp³-hybridized carbons (Fsp3) is 0.438. The predicted octanol–water partition coefficient (Wildman–Crippen LogP) is 1.08. The van der Waals surface area contributed by atoms with Gasteiger partial charge in [-0.3, -0.25) is 9.59 Å². The summed E-state index contributed by atoms with van der Waals surface area (Å²) >= 11 is 0. The van der Waals surface area contributed by atoms with Crippen molar-refractivity contribution in [1.82, 2.24) is 0 Å². The van der Waals surface area contributed by atoms with Crippen molar-refractivity contribution in [2.75, 3.05) is 18.0 Å². The summed E-state index contributed by atoms with van der Waals surface area (Å²) in [6.45, 7) is 4.18. The van der Waals surface area contributed by atoms with E-state index in [4.69, 9.17) is 20.7 Å². The lowest BCUT2D eigenvalue weighted by atomic mass is 10.1. The third-order valence-corrected chi connectivity index (χ3v) is 2.93. The van der Waals surface area contributed by atoms with Gasteiger partial charge in [-0.15, -0.1) is 0 Å². The summed E-state index contributed by atoms with van der Waals surface area (Å²) in [5, 5.41) is 18.0. The van der Waals surface area contributed by atoms with Crippen molar-refractivity contribution in [1.29, 1.82) is 0 Å². The molecule has 0 unspecified atom stereocenters. The number of carbonyl (C=O) groups excluding carboxylic acids is 1. The number of esters is 1. The highest BCUT2D eigenvalue weighted by atomic mass is 16.6. The van der Waals surface area contributed by atoms with E-state index in [1.165, 1.54) is 12.1 Å². The van der Waals surface area contributed by atoms with Crippen LogP contribution in [0.4, 0.5) is 5.69 Å². The molecule has 8 nitrogen and oxygen atoms in total. The molecule has 1 aromatic carbocycles. The zero-order valence-corrected chi connectivity index (χ0v) is 13.9. The van der Waals surface area contributed by atoms with Crippen molar-refractivity contribution in [2.24, 2.45) is 5.73 Å². The van der Waals surface area contributed by atoms with Crippen LogP contribution in [-0.4, -0.2) is 46.8 Å². The Morgan fingerprint density at radius 1 is 1.12 bits per heavy atom. The first-order chi connectivity index (χ1) is 11.0. The Kier molecular flexibility index (Phi) is 6.30. The Morgan fingerprint density at radius 2 is 1.67 bits per heavy atom. The average molecular weight is 338 g/mol. The van der Waals surface area contributed by atoms with E-state index in [1.54, 1.807) is 26.8 Å². The van der Waals surface area contributed by atoms with Crippen LogP contribution in [0.15, 0.2) is 18.2 Å². The van der Waals surface area contributed by atoms with Gasteiger partial charge in [-0.05, 0) is 38.5 Å². The molecule has 0 aliphatic heterocycles. The number of rotatable bonds is 7. The van der Waals surface area contributed by atoms with Gasteiger partial charge >= 0.3 is 17.9 Å². The summed E-state index contributed by atoms with van der Waals surface area (Å²) < 4.78 is 5.27. The average Bonchev–Trinajstić information content (AvgIpc) is 2.43. The molecule has 24 heavy (non-hydrogen) atoms. The third-order valence-electron chi connectivity index (χ3n) is 2.93. The number of carbonyl (C=O) groups is 3. The Balaban J connectivity index is 3.26. The van der Waals surface area contributed by atoms with Crippen molar-refractivity contribution < 1.29 is 29.3 Å². The maximum atomic E-state index is 12.2. The molecule has 0 radical (unpaired) electrons. The summed E-state index contributed by atoms with van der Waals surface area (Å²) in [7, 11) is 0. The highest BCUT2D eigenvalue weighted by Crippen LogP contribution is 2.24. The van der Waals surface area contributed by atoms with Crippen molar-refractivity contribution in [3.8, 4) is 0 Å². The van der Waals surface area contributed by atoms with E-state index in [1.807, 2.05) is 0 Å². The minimum Gasteiger partial charge on any atom is -0.480 e. The Morgan fingerprint density at radius 3 is 2.08 bits per heavy atom. The van der Waals surface area contributed by atoms with Gasteiger partial charge in [0, 0.05) is 12.2 Å². The van der Waals surface area contributed by atoms with Gasteiger partial charge < -0.3 is 25.6 Å². The van der Waals surface area contributed by atoms with Gasteiger partial charge in [0.05, 0.1) is 5.56 Å². The fourth-order valence-electron chi connectivity index (χ4n) is 2.05. The molecule has 132 valence electrons. The van der Waals surface area contributed by atoms with E-state index in [0.717, 1.165) is 4.90 Å². The molecular formula is C16H22N2O6. The molecule has 0 saturated heterocycles. The van der Waals surface area contributed by atoms with Crippen molar-refractivity contribution >= 4 is 23.6 Å². The fourth-order valence-corrected chi connectivity index (χ4v) is 2.05. The smallest absolute Gasteiger partial charge is 0.338 e. The monoisotopic (exact) mass is 338 g/mol. The molecule has 4 N–H and O–H groups in total. The quantitative estimate of drug-likeness (QED) is 0.630. The Bertz CT molecular complexity index is 620. The van der Waals surface area contributed by atoms with Gasteiger partial charge in [-0.1, -0.05) is 6.07 Å². The molecule has 8 heteroatoms. The number of carboxylic acid groups (broad SMARTS) is 2. The second kappa shape index (κ2) is 7.78. The van der Waals surface area contributed by atoms with Gasteiger partial charge in [0.25, 0.3) is 0 Å². The number of anilines is 1. The van der Waals surface area contributed by atoms with Crippen LogP contribution in [0.5, 0.6) is 0 Å². The molecule has 0 heterocycles. The van der Waals surface area contributed by atoms with E-state index in [9.17, 15) is 14.4 Å². The van der Waals surface area contributed by atoms with Crippen LogP contribution in [0.25, 0.3) is 0 Å². The topological polar surface area (TPSA) is 130 Å². The number of hydrogen-bond donors (Lipinski definition) is 3. The van der Waals surface area contributed by atoms with Crippen molar-refractivity contribution in [3.63, 3.8) is 0 Å². The van der Waals surface area contributed by atoms with Crippen LogP contribution in [0.3, 0.4) is 0 Å². The van der Waals surface area contributed by atoms with Gasteiger partial charge in [0.1, 0.15) is 18.7 Å². The summed E-state index contributed by atoms with van der Waals surface area (Å²) in [5.74, 6) is -2.97. The molecule has 1 rings (SSSR count). The molecule has 0 aliphatic rings. The minimum absolute atomic E-state index is 0.0691. The lowest BCUT2D eigenvalue weighted by Crippen LogP contribution is -2.35. The first kappa shape index (κ1) is 19.4. The number of aliphatic carboxylic acids is 2. The van der Waals surface area contributed by atoms with Crippen LogP contribution in [-0.2, 0) is 20.9 Å². The zero-order chi connectivity index (χ0) is 18.5. The number of benzene rings is 1. The maximum absolute atomic E-state index is 12.2. The highest BCUT2D eigenvalue weighted by molar-refractivity contribution is 5.92. The predicted molar refractivity (Wildman–Crippen MR) is 87.0 cm³/mol. The molecule has 0 bridgehead atoms. The Hall–Kier alpha value is -2.61. The maximum Gasteiger partial charge on any atom is 0.338 e. The van der Waals surface area contributed by atoms with Crippen LogP contribution in [0, 0.1) is 0 Å². The minimum atomic E-state index is -1.19. The second-order valence-electron chi connectivity index (χ2n) is 6.19. The van der Waals surface area contributed by atoms with E-state index in [2.05, 4.69) is 0 Å². The van der Waals surface area contributed by atoms with E-state index >= 15 is 0 Å². The Labute approximate surface area is 139 Å². The number of nitrogens with zero attached hydrogens (tertiary/aromatic N) is 1. The summed E-state index contributed by atoms with van der Waals surface area (Å²) in [5.41, 5.74) is 5.96. The summed E-state index contributed by atoms with van der Waals surface area (Å²) in [4.78, 5) is 35.3. The van der Waals surface area contributed by atoms with E-state index < -0.39 is 36.6 Å². The molecule has 0 aliphatic carbocycles. The summed E-state index contributed by atoms with van der Waals surface area (Å²) in [6, 6.07) is 4.48. The van der Waals surface area contributed by atoms with Gasteiger partial charge in [-0.2, -0.15) is 0 Å². The molecule has 0 atom stereocenters. The lowest BCUT2D eigenvalue weighted by Gasteiger charge is -2.25. The third kappa shape index (κ3) is 5.88. The van der Waals surface area contributed by atoms with E-state index in [-0.39, 0.29) is 17.8 Å². The first-order valence-corrected chi connectivity index (χ1v) is 7.28. The highest BCUT2D eigenvalue weighted by Gasteiger charge is 2.22. The van der Waals surface area contributed by atoms with E-state index in [0.29, 0.717) is 5.56 Å². The van der Waals surface area contributed by atoms with Crippen LogP contribution in [0.1, 0.15) is 36.7 Å². The van der Waals surface area contributed by atoms with Crippen molar-refractivity contribution in [2.45, 2.75) is 32.9 Å². The molecule has 0 saturated carbocycles. The van der Waals surface area contributed by atoms with Crippen LogP contribution >= 0.6 is 0 Å². The summed E-state index contributed by atoms with van der Waals surface area (Å²) in [6.07, 6.45) is 0. The molecule has 0 spiro atoms. The van der Waals surface area contributed by atoms with Crippen LogP contribution < -0.4 is 10.6 Å². The molecule has 0 fully saturated rings.